The topological polar surface area (TPSA) is 218 Å². The lowest BCUT2D eigenvalue weighted by Crippen LogP contribution is -2.60. The van der Waals surface area contributed by atoms with Gasteiger partial charge in [-0.15, -0.1) is 0 Å². The summed E-state index contributed by atoms with van der Waals surface area (Å²) in [4.78, 5) is 12.5. The fraction of sp³-hybridized carbons (Fsp3) is 0.286. The molecule has 33 heavy (non-hydrogen) atoms. The van der Waals surface area contributed by atoms with Gasteiger partial charge in [-0.1, -0.05) is 12.1 Å². The van der Waals surface area contributed by atoms with E-state index in [2.05, 4.69) is 0 Å². The number of phenols is 5. The lowest BCUT2D eigenvalue weighted by atomic mass is 9.99. The Balaban J connectivity index is 1.84. The summed E-state index contributed by atoms with van der Waals surface area (Å²) in [5, 5.41) is 88.3. The number of aliphatic hydroxyl groups is 4. The van der Waals surface area contributed by atoms with Gasteiger partial charge in [0.1, 0.15) is 35.7 Å². The highest BCUT2D eigenvalue weighted by Gasteiger charge is 2.45. The minimum atomic E-state index is -1.82. The number of ketones is 1. The minimum absolute atomic E-state index is 0.310. The van der Waals surface area contributed by atoms with Crippen LogP contribution < -0.4 is 4.74 Å². The molecule has 1 aliphatic rings. The standard InChI is InChI=1S/C21H22O12/c22-7-14-17(28)19(30)20(31)21(33-14)32-13-6-12(26)15(18(29)16(13)27)10(24)4-2-8-1-3-9(23)11(25)5-8/h1-6,14,17,19-23,25-31H,7H2/b4-2+/t14-,17+,19+,20+,21+/m0/s1. The molecule has 1 heterocycles. The van der Waals surface area contributed by atoms with Crippen LogP contribution in [0.2, 0.25) is 0 Å². The van der Waals surface area contributed by atoms with Gasteiger partial charge in [-0.25, -0.2) is 0 Å². The van der Waals surface area contributed by atoms with Crippen molar-refractivity contribution in [2.45, 2.75) is 30.7 Å². The highest BCUT2D eigenvalue weighted by atomic mass is 16.7. The summed E-state index contributed by atoms with van der Waals surface area (Å²) in [6.07, 6.45) is -6.11. The molecule has 5 atom stereocenters. The van der Waals surface area contributed by atoms with E-state index in [1.807, 2.05) is 0 Å². The van der Waals surface area contributed by atoms with Crippen LogP contribution >= 0.6 is 0 Å². The van der Waals surface area contributed by atoms with Gasteiger partial charge < -0.3 is 55.4 Å². The van der Waals surface area contributed by atoms with Crippen molar-refractivity contribution in [3.8, 4) is 34.5 Å². The van der Waals surface area contributed by atoms with Crippen LogP contribution in [0.4, 0.5) is 0 Å². The highest BCUT2D eigenvalue weighted by Crippen LogP contribution is 2.44. The first-order chi connectivity index (χ1) is 15.5. The number of carbonyl (C=O) groups is 1. The number of aromatic hydroxyl groups is 5. The molecule has 0 spiro atoms. The van der Waals surface area contributed by atoms with Crippen LogP contribution in [0.3, 0.4) is 0 Å². The Hall–Kier alpha value is -3.55. The number of hydrogen-bond donors (Lipinski definition) is 9. The van der Waals surface area contributed by atoms with Gasteiger partial charge in [-0.2, -0.15) is 0 Å². The van der Waals surface area contributed by atoms with E-state index in [1.165, 1.54) is 18.2 Å². The Morgan fingerprint density at radius 2 is 1.61 bits per heavy atom. The summed E-state index contributed by atoms with van der Waals surface area (Å²) in [5.74, 6) is -5.23. The van der Waals surface area contributed by atoms with Crippen LogP contribution in [-0.4, -0.2) is 89.1 Å². The molecule has 1 fully saturated rings. The normalized spacial score (nSPS) is 25.3. The first-order valence-electron chi connectivity index (χ1n) is 9.54. The molecule has 0 bridgehead atoms. The third-order valence-corrected chi connectivity index (χ3v) is 4.98. The molecule has 12 heteroatoms. The second kappa shape index (κ2) is 9.52. The second-order valence-corrected chi connectivity index (χ2v) is 7.23. The van der Waals surface area contributed by atoms with E-state index in [0.717, 1.165) is 18.2 Å². The summed E-state index contributed by atoms with van der Waals surface area (Å²) >= 11 is 0. The van der Waals surface area contributed by atoms with Gasteiger partial charge in [0.2, 0.25) is 12.0 Å². The number of allylic oxidation sites excluding steroid dienone is 1. The Morgan fingerprint density at radius 3 is 2.24 bits per heavy atom. The molecule has 0 radical (unpaired) electrons. The Labute approximate surface area is 186 Å². The molecule has 2 aromatic carbocycles. The van der Waals surface area contributed by atoms with E-state index in [-0.39, 0.29) is 5.75 Å². The van der Waals surface area contributed by atoms with Gasteiger partial charge in [0, 0.05) is 6.07 Å². The minimum Gasteiger partial charge on any atom is -0.507 e. The largest absolute Gasteiger partial charge is 0.507 e. The van der Waals surface area contributed by atoms with Crippen molar-refractivity contribution >= 4 is 11.9 Å². The van der Waals surface area contributed by atoms with E-state index in [9.17, 15) is 50.8 Å². The molecule has 1 saturated heterocycles. The molecular weight excluding hydrogens is 444 g/mol. The molecule has 2 aromatic rings. The maximum absolute atomic E-state index is 12.5. The number of phenolic OH excluding ortho intramolecular Hbond substituents is 5. The summed E-state index contributed by atoms with van der Waals surface area (Å²) in [7, 11) is 0. The van der Waals surface area contributed by atoms with E-state index in [1.54, 1.807) is 0 Å². The lowest BCUT2D eigenvalue weighted by molar-refractivity contribution is -0.277. The smallest absolute Gasteiger partial charge is 0.229 e. The predicted molar refractivity (Wildman–Crippen MR) is 109 cm³/mol. The summed E-state index contributed by atoms with van der Waals surface area (Å²) in [6.45, 7) is -0.730. The zero-order chi connectivity index (χ0) is 24.4. The van der Waals surface area contributed by atoms with Crippen LogP contribution in [-0.2, 0) is 4.74 Å². The van der Waals surface area contributed by atoms with Crippen molar-refractivity contribution in [3.63, 3.8) is 0 Å². The fourth-order valence-electron chi connectivity index (χ4n) is 3.14. The van der Waals surface area contributed by atoms with Crippen LogP contribution in [0.5, 0.6) is 34.5 Å². The maximum atomic E-state index is 12.5. The van der Waals surface area contributed by atoms with Crippen molar-refractivity contribution in [1.82, 2.24) is 0 Å². The molecule has 0 aliphatic carbocycles. The van der Waals surface area contributed by atoms with Crippen molar-refractivity contribution in [2.75, 3.05) is 6.61 Å². The number of aliphatic hydroxyl groups excluding tert-OH is 4. The number of carbonyl (C=O) groups excluding carboxylic acids is 1. The van der Waals surface area contributed by atoms with Gasteiger partial charge in [-0.05, 0) is 23.8 Å². The third-order valence-electron chi connectivity index (χ3n) is 4.98. The number of rotatable bonds is 6. The second-order valence-electron chi connectivity index (χ2n) is 7.23. The van der Waals surface area contributed by atoms with E-state index in [4.69, 9.17) is 9.47 Å². The zero-order valence-corrected chi connectivity index (χ0v) is 16.8. The fourth-order valence-corrected chi connectivity index (χ4v) is 3.14. The molecular formula is C21H22O12. The molecule has 0 aromatic heterocycles. The van der Waals surface area contributed by atoms with Crippen LogP contribution in [0.15, 0.2) is 30.3 Å². The van der Waals surface area contributed by atoms with Crippen molar-refractivity contribution < 1.29 is 60.2 Å². The van der Waals surface area contributed by atoms with Gasteiger partial charge in [-0.3, -0.25) is 4.79 Å². The molecule has 178 valence electrons. The zero-order valence-electron chi connectivity index (χ0n) is 16.8. The van der Waals surface area contributed by atoms with E-state index < -0.39 is 77.4 Å². The first-order valence-corrected chi connectivity index (χ1v) is 9.54. The number of ether oxygens (including phenoxy) is 2. The summed E-state index contributed by atoms with van der Waals surface area (Å²) < 4.78 is 10.3. The van der Waals surface area contributed by atoms with Crippen LogP contribution in [0.1, 0.15) is 15.9 Å². The molecule has 3 rings (SSSR count). The van der Waals surface area contributed by atoms with Crippen molar-refractivity contribution in [2.24, 2.45) is 0 Å². The highest BCUT2D eigenvalue weighted by molar-refractivity contribution is 6.11. The Morgan fingerprint density at radius 1 is 0.909 bits per heavy atom. The quantitative estimate of drug-likeness (QED) is 0.112. The van der Waals surface area contributed by atoms with Gasteiger partial charge in [0.25, 0.3) is 0 Å². The predicted octanol–water partition coefficient (Wildman–Crippen LogP) is -0.711. The van der Waals surface area contributed by atoms with Crippen LogP contribution in [0.25, 0.3) is 6.08 Å². The average molecular weight is 466 g/mol. The Bertz CT molecular complexity index is 1060. The number of hydrogen-bond acceptors (Lipinski definition) is 12. The SMILES string of the molecule is O=C(/C=C/c1ccc(O)c(O)c1)c1c(O)cc(O[C@@H]2O[C@@H](CO)[C@@H](O)[C@@H](O)[C@H]2O)c(O)c1O. The van der Waals surface area contributed by atoms with Gasteiger partial charge in [0.15, 0.2) is 28.8 Å². The first kappa shape index (κ1) is 24.1. The summed E-state index contributed by atoms with van der Waals surface area (Å²) in [5.41, 5.74) is -0.377. The van der Waals surface area contributed by atoms with Crippen LogP contribution in [0, 0.1) is 0 Å². The molecule has 0 unspecified atom stereocenters. The molecule has 9 N–H and O–H groups in total. The van der Waals surface area contributed by atoms with Crippen molar-refractivity contribution in [3.05, 3.63) is 41.5 Å². The van der Waals surface area contributed by atoms with E-state index >= 15 is 0 Å². The van der Waals surface area contributed by atoms with Gasteiger partial charge in [0.05, 0.1) is 6.61 Å². The molecule has 12 nitrogen and oxygen atoms in total. The molecule has 0 saturated carbocycles. The molecule has 0 amide bonds. The molecule has 1 aliphatic heterocycles. The monoisotopic (exact) mass is 466 g/mol. The van der Waals surface area contributed by atoms with E-state index in [0.29, 0.717) is 5.56 Å². The Kier molecular flexibility index (Phi) is 6.95. The van der Waals surface area contributed by atoms with Crippen molar-refractivity contribution in [1.29, 1.82) is 0 Å². The average Bonchev–Trinajstić information content (AvgIpc) is 2.78. The number of benzene rings is 2. The third kappa shape index (κ3) is 4.79. The maximum Gasteiger partial charge on any atom is 0.229 e. The van der Waals surface area contributed by atoms with Gasteiger partial charge >= 0.3 is 0 Å². The lowest BCUT2D eigenvalue weighted by Gasteiger charge is -2.39. The summed E-state index contributed by atoms with van der Waals surface area (Å²) in [6, 6.07) is 4.48.